The smallest absolute Gasteiger partial charge is 0.213 e. The van der Waals surface area contributed by atoms with Gasteiger partial charge in [-0.05, 0) is 6.92 Å². The minimum Gasteiger partial charge on any atom is -0.360 e. The molecule has 0 spiro atoms. The van der Waals surface area contributed by atoms with Crippen LogP contribution in [-0.4, -0.2) is 48.3 Å². The maximum Gasteiger partial charge on any atom is 0.213 e. The van der Waals surface area contributed by atoms with Crippen LogP contribution in [-0.2, 0) is 10.0 Å². The van der Waals surface area contributed by atoms with E-state index < -0.39 is 10.0 Å². The number of rotatable bonds is 6. The van der Waals surface area contributed by atoms with Crippen molar-refractivity contribution in [3.63, 3.8) is 0 Å². The SMILES string of the molecule is CCS(=O)(=O)N1CC(CNc2nnc(C(C)C)s2)C1. The molecule has 0 unspecified atom stereocenters. The lowest BCUT2D eigenvalue weighted by Gasteiger charge is -2.37. The van der Waals surface area contributed by atoms with Crippen molar-refractivity contribution in [3.05, 3.63) is 5.01 Å². The van der Waals surface area contributed by atoms with Gasteiger partial charge in [0, 0.05) is 31.5 Å². The largest absolute Gasteiger partial charge is 0.360 e. The summed E-state index contributed by atoms with van der Waals surface area (Å²) in [6.07, 6.45) is 0. The van der Waals surface area contributed by atoms with E-state index in [2.05, 4.69) is 29.4 Å². The first-order chi connectivity index (χ1) is 8.92. The molecule has 1 N–H and O–H groups in total. The van der Waals surface area contributed by atoms with Gasteiger partial charge in [0.2, 0.25) is 15.2 Å². The Morgan fingerprint density at radius 1 is 1.42 bits per heavy atom. The third kappa shape index (κ3) is 3.43. The quantitative estimate of drug-likeness (QED) is 0.859. The fraction of sp³-hybridized carbons (Fsp3) is 0.818. The highest BCUT2D eigenvalue weighted by Crippen LogP contribution is 2.24. The fourth-order valence-electron chi connectivity index (χ4n) is 1.83. The molecule has 1 aliphatic rings. The minimum absolute atomic E-state index is 0.182. The normalized spacial score (nSPS) is 17.7. The molecule has 8 heteroatoms. The lowest BCUT2D eigenvalue weighted by atomic mass is 10.0. The van der Waals surface area contributed by atoms with E-state index in [1.165, 1.54) is 0 Å². The first-order valence-corrected chi connectivity index (χ1v) is 8.90. The van der Waals surface area contributed by atoms with Gasteiger partial charge in [-0.15, -0.1) is 10.2 Å². The molecule has 1 saturated heterocycles. The molecule has 0 aromatic carbocycles. The highest BCUT2D eigenvalue weighted by atomic mass is 32.2. The molecular formula is C11H20N4O2S2. The highest BCUT2D eigenvalue weighted by molar-refractivity contribution is 7.89. The van der Waals surface area contributed by atoms with E-state index >= 15 is 0 Å². The summed E-state index contributed by atoms with van der Waals surface area (Å²) >= 11 is 1.56. The van der Waals surface area contributed by atoms with Crippen molar-refractivity contribution < 1.29 is 8.42 Å². The van der Waals surface area contributed by atoms with Gasteiger partial charge >= 0.3 is 0 Å². The van der Waals surface area contributed by atoms with Crippen molar-refractivity contribution in [1.82, 2.24) is 14.5 Å². The Bertz CT molecular complexity index is 521. The monoisotopic (exact) mass is 304 g/mol. The van der Waals surface area contributed by atoms with Crippen molar-refractivity contribution in [2.24, 2.45) is 5.92 Å². The third-order valence-corrected chi connectivity index (χ3v) is 6.15. The molecule has 2 heterocycles. The second-order valence-corrected chi connectivity index (χ2v) is 8.33. The molecule has 0 amide bonds. The lowest BCUT2D eigenvalue weighted by Crippen LogP contribution is -2.52. The Hall–Kier alpha value is -0.730. The van der Waals surface area contributed by atoms with Crippen LogP contribution in [0, 0.1) is 5.92 Å². The van der Waals surface area contributed by atoms with E-state index in [1.54, 1.807) is 22.6 Å². The maximum absolute atomic E-state index is 11.6. The van der Waals surface area contributed by atoms with E-state index in [4.69, 9.17) is 0 Å². The van der Waals surface area contributed by atoms with Gasteiger partial charge in [0.1, 0.15) is 5.01 Å². The summed E-state index contributed by atoms with van der Waals surface area (Å²) < 4.78 is 24.7. The zero-order valence-corrected chi connectivity index (χ0v) is 13.1. The van der Waals surface area contributed by atoms with Crippen LogP contribution < -0.4 is 5.32 Å². The van der Waals surface area contributed by atoms with Gasteiger partial charge in [0.05, 0.1) is 5.75 Å². The average Bonchev–Trinajstić information content (AvgIpc) is 2.75. The number of nitrogens with zero attached hydrogens (tertiary/aromatic N) is 3. The number of hydrogen-bond acceptors (Lipinski definition) is 6. The molecule has 108 valence electrons. The first kappa shape index (κ1) is 14.7. The fourth-order valence-corrected chi connectivity index (χ4v) is 3.83. The summed E-state index contributed by atoms with van der Waals surface area (Å²) in [6.45, 7) is 7.82. The molecule has 1 aliphatic heterocycles. The predicted octanol–water partition coefficient (Wildman–Crippen LogP) is 1.35. The zero-order chi connectivity index (χ0) is 14.0. The topological polar surface area (TPSA) is 75.2 Å². The molecule has 19 heavy (non-hydrogen) atoms. The molecule has 0 saturated carbocycles. The average molecular weight is 304 g/mol. The molecule has 1 aromatic heterocycles. The van der Waals surface area contributed by atoms with Crippen molar-refractivity contribution in [2.45, 2.75) is 26.7 Å². The van der Waals surface area contributed by atoms with Gasteiger partial charge in [-0.25, -0.2) is 12.7 Å². The van der Waals surface area contributed by atoms with Crippen LogP contribution in [0.15, 0.2) is 0 Å². The molecule has 6 nitrogen and oxygen atoms in total. The molecule has 1 aromatic rings. The number of nitrogens with one attached hydrogen (secondary N) is 1. The van der Waals surface area contributed by atoms with Crippen molar-refractivity contribution in [1.29, 1.82) is 0 Å². The van der Waals surface area contributed by atoms with Crippen LogP contribution in [0.1, 0.15) is 31.7 Å². The molecule has 0 radical (unpaired) electrons. The summed E-state index contributed by atoms with van der Waals surface area (Å²) in [5.74, 6) is 0.941. The minimum atomic E-state index is -3.00. The van der Waals surface area contributed by atoms with E-state index in [1.807, 2.05) is 0 Å². The second-order valence-electron chi connectivity index (χ2n) is 5.06. The van der Waals surface area contributed by atoms with Gasteiger partial charge < -0.3 is 5.32 Å². The van der Waals surface area contributed by atoms with Gasteiger partial charge in [0.25, 0.3) is 0 Å². The maximum atomic E-state index is 11.6. The van der Waals surface area contributed by atoms with Crippen LogP contribution in [0.3, 0.4) is 0 Å². The highest BCUT2D eigenvalue weighted by Gasteiger charge is 2.34. The van der Waals surface area contributed by atoms with Crippen LogP contribution in [0.25, 0.3) is 0 Å². The van der Waals surface area contributed by atoms with Crippen molar-refractivity contribution >= 4 is 26.5 Å². The molecule has 0 bridgehead atoms. The van der Waals surface area contributed by atoms with Crippen LogP contribution in [0.2, 0.25) is 0 Å². The van der Waals surface area contributed by atoms with Crippen LogP contribution >= 0.6 is 11.3 Å². The van der Waals surface area contributed by atoms with Crippen molar-refractivity contribution in [3.8, 4) is 0 Å². The van der Waals surface area contributed by atoms with Crippen LogP contribution in [0.5, 0.6) is 0 Å². The number of anilines is 1. The Morgan fingerprint density at radius 3 is 2.63 bits per heavy atom. The molecular weight excluding hydrogens is 284 g/mol. The van der Waals surface area contributed by atoms with Gasteiger partial charge in [-0.3, -0.25) is 0 Å². The van der Waals surface area contributed by atoms with E-state index in [0.717, 1.165) is 16.7 Å². The predicted molar refractivity (Wildman–Crippen MR) is 77.0 cm³/mol. The van der Waals surface area contributed by atoms with Gasteiger partial charge in [-0.2, -0.15) is 0 Å². The Morgan fingerprint density at radius 2 is 2.11 bits per heavy atom. The number of sulfonamides is 1. The summed E-state index contributed by atoms with van der Waals surface area (Å²) in [5.41, 5.74) is 0. The summed E-state index contributed by atoms with van der Waals surface area (Å²) in [6, 6.07) is 0. The molecule has 1 fully saturated rings. The molecule has 2 rings (SSSR count). The second kappa shape index (κ2) is 5.72. The summed E-state index contributed by atoms with van der Waals surface area (Å²) in [7, 11) is -3.00. The van der Waals surface area contributed by atoms with E-state index in [0.29, 0.717) is 24.9 Å². The van der Waals surface area contributed by atoms with E-state index in [-0.39, 0.29) is 5.75 Å². The van der Waals surface area contributed by atoms with Crippen molar-refractivity contribution in [2.75, 3.05) is 30.7 Å². The third-order valence-electron chi connectivity index (χ3n) is 3.16. The van der Waals surface area contributed by atoms with Crippen LogP contribution in [0.4, 0.5) is 5.13 Å². The molecule has 0 atom stereocenters. The standard InChI is InChI=1S/C11H20N4O2S2/c1-4-19(16,17)15-6-9(7-15)5-12-11-14-13-10(18-11)8(2)3/h8-9H,4-7H2,1-3H3,(H,12,14). The summed E-state index contributed by atoms with van der Waals surface area (Å²) in [5, 5.41) is 13.3. The Balaban J connectivity index is 1.76. The Labute approximate surface area is 118 Å². The number of aromatic nitrogens is 2. The van der Waals surface area contributed by atoms with Gasteiger partial charge in [-0.1, -0.05) is 25.2 Å². The first-order valence-electron chi connectivity index (χ1n) is 6.47. The zero-order valence-electron chi connectivity index (χ0n) is 11.5. The Kier molecular flexibility index (Phi) is 4.42. The van der Waals surface area contributed by atoms with Gasteiger partial charge in [0.15, 0.2) is 0 Å². The number of hydrogen-bond donors (Lipinski definition) is 1. The van der Waals surface area contributed by atoms with E-state index in [9.17, 15) is 8.42 Å². The molecule has 0 aliphatic carbocycles. The lowest BCUT2D eigenvalue weighted by molar-refractivity contribution is 0.212. The summed E-state index contributed by atoms with van der Waals surface area (Å²) in [4.78, 5) is 0.